The van der Waals surface area contributed by atoms with Crippen LogP contribution in [0.25, 0.3) is 0 Å². The first-order valence-corrected chi connectivity index (χ1v) is 6.09. The lowest BCUT2D eigenvalue weighted by atomic mass is 10.2. The Morgan fingerprint density at radius 3 is 3.13 bits per heavy atom. The van der Waals surface area contributed by atoms with Crippen molar-refractivity contribution in [2.75, 3.05) is 18.8 Å². The molecule has 84 valence electrons. The van der Waals surface area contributed by atoms with Crippen molar-refractivity contribution in [3.63, 3.8) is 0 Å². The quantitative estimate of drug-likeness (QED) is 0.828. The van der Waals surface area contributed by atoms with Gasteiger partial charge in [-0.2, -0.15) is 0 Å². The van der Waals surface area contributed by atoms with Crippen LogP contribution >= 0.6 is 24.2 Å². The molecule has 0 bridgehead atoms. The average Bonchev–Trinajstić information content (AvgIpc) is 2.67. The highest BCUT2D eigenvalue weighted by atomic mass is 35.5. The van der Waals surface area contributed by atoms with Gasteiger partial charge in [0.25, 0.3) is 0 Å². The van der Waals surface area contributed by atoms with Crippen LogP contribution < -0.4 is 5.32 Å². The van der Waals surface area contributed by atoms with E-state index in [-0.39, 0.29) is 12.4 Å². The Morgan fingerprint density at radius 2 is 2.47 bits per heavy atom. The Labute approximate surface area is 102 Å². The fraction of sp³-hybridized carbons (Fsp3) is 0.545. The van der Waals surface area contributed by atoms with Crippen molar-refractivity contribution in [2.45, 2.75) is 18.4 Å². The fourth-order valence-corrected chi connectivity index (χ4v) is 2.74. The van der Waals surface area contributed by atoms with Crippen molar-refractivity contribution in [2.24, 2.45) is 5.92 Å². The van der Waals surface area contributed by atoms with Gasteiger partial charge in [0.15, 0.2) is 0 Å². The molecule has 1 saturated heterocycles. The molecule has 1 aliphatic heterocycles. The number of rotatable bonds is 3. The second-order valence-corrected chi connectivity index (χ2v) is 4.88. The van der Waals surface area contributed by atoms with Gasteiger partial charge in [0.1, 0.15) is 0 Å². The molecule has 1 unspecified atom stereocenters. The summed E-state index contributed by atoms with van der Waals surface area (Å²) in [5.41, 5.74) is 1.30. The molecule has 0 aromatic carbocycles. The molecule has 2 nitrogen and oxygen atoms in total. The maximum Gasteiger partial charge on any atom is 0.0962 e. The van der Waals surface area contributed by atoms with Crippen molar-refractivity contribution in [3.05, 3.63) is 23.9 Å². The van der Waals surface area contributed by atoms with E-state index in [1.165, 1.54) is 30.8 Å². The SMILES string of the molecule is Cc1ccnc(SCC2CCNC2)c1.Cl. The van der Waals surface area contributed by atoms with Gasteiger partial charge < -0.3 is 5.32 Å². The number of pyridine rings is 1. The molecule has 4 heteroatoms. The molecule has 0 aliphatic carbocycles. The van der Waals surface area contributed by atoms with E-state index in [1.807, 2.05) is 24.0 Å². The summed E-state index contributed by atoms with van der Waals surface area (Å²) >= 11 is 1.88. The molecule has 0 saturated carbocycles. The zero-order valence-electron chi connectivity index (χ0n) is 8.90. The second kappa shape index (κ2) is 6.36. The van der Waals surface area contributed by atoms with Crippen LogP contribution in [0.2, 0.25) is 0 Å². The molecule has 1 aliphatic rings. The molecule has 0 amide bonds. The molecule has 1 atom stereocenters. The lowest BCUT2D eigenvalue weighted by Crippen LogP contribution is -2.10. The maximum atomic E-state index is 4.34. The predicted molar refractivity (Wildman–Crippen MR) is 67.9 cm³/mol. The molecule has 2 heterocycles. The fourth-order valence-electron chi connectivity index (χ4n) is 1.65. The highest BCUT2D eigenvalue weighted by Gasteiger charge is 2.14. The third-order valence-corrected chi connectivity index (χ3v) is 3.68. The van der Waals surface area contributed by atoms with E-state index >= 15 is 0 Å². The minimum atomic E-state index is 0. The van der Waals surface area contributed by atoms with Gasteiger partial charge in [-0.15, -0.1) is 24.2 Å². The zero-order chi connectivity index (χ0) is 9.80. The van der Waals surface area contributed by atoms with E-state index in [1.54, 1.807) is 0 Å². The number of hydrogen-bond donors (Lipinski definition) is 1. The molecular weight excluding hydrogens is 228 g/mol. The summed E-state index contributed by atoms with van der Waals surface area (Å²) in [6.45, 7) is 4.48. The van der Waals surface area contributed by atoms with E-state index < -0.39 is 0 Å². The Balaban J connectivity index is 0.00000112. The minimum Gasteiger partial charge on any atom is -0.316 e. The van der Waals surface area contributed by atoms with Gasteiger partial charge in [-0.05, 0) is 50.0 Å². The predicted octanol–water partition coefficient (Wildman–Crippen LogP) is 2.51. The van der Waals surface area contributed by atoms with Crippen molar-refractivity contribution in [1.82, 2.24) is 10.3 Å². The van der Waals surface area contributed by atoms with Crippen LogP contribution in [-0.2, 0) is 0 Å². The van der Waals surface area contributed by atoms with Gasteiger partial charge in [0.05, 0.1) is 5.03 Å². The summed E-state index contributed by atoms with van der Waals surface area (Å²) in [4.78, 5) is 4.34. The number of nitrogens with zero attached hydrogens (tertiary/aromatic N) is 1. The lowest BCUT2D eigenvalue weighted by molar-refractivity contribution is 0.662. The summed E-state index contributed by atoms with van der Waals surface area (Å²) in [5, 5.41) is 4.55. The second-order valence-electron chi connectivity index (χ2n) is 3.84. The first kappa shape index (κ1) is 12.8. The number of thioether (sulfide) groups is 1. The Hall–Kier alpha value is -0.250. The molecule has 1 fully saturated rings. The molecule has 2 rings (SSSR count). The van der Waals surface area contributed by atoms with Crippen LogP contribution in [0.4, 0.5) is 0 Å². The lowest BCUT2D eigenvalue weighted by Gasteiger charge is -2.06. The summed E-state index contributed by atoms with van der Waals surface area (Å²) in [6, 6.07) is 4.20. The summed E-state index contributed by atoms with van der Waals surface area (Å²) in [6.07, 6.45) is 3.21. The number of hydrogen-bond acceptors (Lipinski definition) is 3. The molecule has 0 radical (unpaired) electrons. The normalized spacial score (nSPS) is 19.9. The molecule has 1 N–H and O–H groups in total. The van der Waals surface area contributed by atoms with Gasteiger partial charge in [-0.1, -0.05) is 0 Å². The summed E-state index contributed by atoms with van der Waals surface area (Å²) < 4.78 is 0. The largest absolute Gasteiger partial charge is 0.316 e. The average molecular weight is 245 g/mol. The number of nitrogens with one attached hydrogen (secondary N) is 1. The number of halogens is 1. The number of aryl methyl sites for hydroxylation is 1. The molecular formula is C11H17ClN2S. The smallest absolute Gasteiger partial charge is 0.0962 e. The van der Waals surface area contributed by atoms with E-state index in [4.69, 9.17) is 0 Å². The maximum absolute atomic E-state index is 4.34. The highest BCUT2D eigenvalue weighted by molar-refractivity contribution is 7.99. The van der Waals surface area contributed by atoms with Crippen molar-refractivity contribution in [3.8, 4) is 0 Å². The molecule has 0 spiro atoms. The first-order chi connectivity index (χ1) is 6.84. The third kappa shape index (κ3) is 4.01. The van der Waals surface area contributed by atoms with E-state index in [0.29, 0.717) is 0 Å². The van der Waals surface area contributed by atoms with Crippen molar-refractivity contribution < 1.29 is 0 Å². The Bertz CT molecular complexity index is 300. The molecule has 15 heavy (non-hydrogen) atoms. The highest BCUT2D eigenvalue weighted by Crippen LogP contribution is 2.21. The van der Waals surface area contributed by atoms with Gasteiger partial charge in [0, 0.05) is 11.9 Å². The zero-order valence-corrected chi connectivity index (χ0v) is 10.5. The van der Waals surface area contributed by atoms with Crippen LogP contribution in [-0.4, -0.2) is 23.8 Å². The van der Waals surface area contributed by atoms with E-state index in [0.717, 1.165) is 10.9 Å². The van der Waals surface area contributed by atoms with Gasteiger partial charge in [-0.25, -0.2) is 4.98 Å². The van der Waals surface area contributed by atoms with Crippen LogP contribution in [0.1, 0.15) is 12.0 Å². The number of aromatic nitrogens is 1. The monoisotopic (exact) mass is 244 g/mol. The topological polar surface area (TPSA) is 24.9 Å². The van der Waals surface area contributed by atoms with Gasteiger partial charge in [0.2, 0.25) is 0 Å². The van der Waals surface area contributed by atoms with Crippen LogP contribution in [0.3, 0.4) is 0 Å². The van der Waals surface area contributed by atoms with Gasteiger partial charge >= 0.3 is 0 Å². The first-order valence-electron chi connectivity index (χ1n) is 5.11. The van der Waals surface area contributed by atoms with E-state index in [2.05, 4.69) is 23.3 Å². The minimum absolute atomic E-state index is 0. The third-order valence-electron chi connectivity index (χ3n) is 2.52. The molecule has 1 aromatic heterocycles. The summed E-state index contributed by atoms with van der Waals surface area (Å²) in [7, 11) is 0. The Kier molecular flexibility index (Phi) is 5.43. The van der Waals surface area contributed by atoms with Crippen molar-refractivity contribution in [1.29, 1.82) is 0 Å². The van der Waals surface area contributed by atoms with Gasteiger partial charge in [-0.3, -0.25) is 0 Å². The van der Waals surface area contributed by atoms with Crippen LogP contribution in [0.15, 0.2) is 23.4 Å². The van der Waals surface area contributed by atoms with Crippen LogP contribution in [0, 0.1) is 12.8 Å². The standard InChI is InChI=1S/C11H16N2S.ClH/c1-9-2-5-13-11(6-9)14-8-10-3-4-12-7-10;/h2,5-6,10,12H,3-4,7-8H2,1H3;1H. The van der Waals surface area contributed by atoms with E-state index in [9.17, 15) is 0 Å². The summed E-state index contributed by atoms with van der Waals surface area (Å²) in [5.74, 6) is 2.03. The Morgan fingerprint density at radius 1 is 1.60 bits per heavy atom. The van der Waals surface area contributed by atoms with Crippen molar-refractivity contribution >= 4 is 24.2 Å². The van der Waals surface area contributed by atoms with Crippen LogP contribution in [0.5, 0.6) is 0 Å². The molecule has 1 aromatic rings.